The first-order valence-corrected chi connectivity index (χ1v) is 9.65. The molecule has 1 saturated carbocycles. The van der Waals surface area contributed by atoms with E-state index in [0.29, 0.717) is 11.8 Å². The number of carbonyl (C=O) groups excluding carboxylic acids is 1. The molecule has 1 saturated heterocycles. The van der Waals surface area contributed by atoms with Gasteiger partial charge in [0.05, 0.1) is 6.20 Å². The van der Waals surface area contributed by atoms with Crippen molar-refractivity contribution in [3.8, 4) is 11.5 Å². The summed E-state index contributed by atoms with van der Waals surface area (Å²) in [5.74, 6) is 2.62. The van der Waals surface area contributed by atoms with Crippen LogP contribution < -0.4 is 9.47 Å². The lowest BCUT2D eigenvalue weighted by molar-refractivity contribution is -0.132. The van der Waals surface area contributed by atoms with E-state index in [2.05, 4.69) is 4.98 Å². The van der Waals surface area contributed by atoms with E-state index in [-0.39, 0.29) is 18.6 Å². The first kappa shape index (κ1) is 17.8. The van der Waals surface area contributed by atoms with E-state index < -0.39 is 0 Å². The highest BCUT2D eigenvalue weighted by molar-refractivity contribution is 5.78. The van der Waals surface area contributed by atoms with Crippen molar-refractivity contribution in [2.24, 2.45) is 11.8 Å². The Bertz CT molecular complexity index is 788. The van der Waals surface area contributed by atoms with Crippen LogP contribution in [-0.4, -0.2) is 41.6 Å². The van der Waals surface area contributed by atoms with Crippen LogP contribution in [0.5, 0.6) is 11.5 Å². The third-order valence-corrected chi connectivity index (χ3v) is 5.81. The van der Waals surface area contributed by atoms with Crippen molar-refractivity contribution in [3.05, 3.63) is 53.9 Å². The number of nitrogens with zero attached hydrogens (tertiary/aromatic N) is 2. The Morgan fingerprint density at radius 2 is 1.96 bits per heavy atom. The molecule has 1 aromatic heterocycles. The van der Waals surface area contributed by atoms with E-state index >= 15 is 0 Å². The summed E-state index contributed by atoms with van der Waals surface area (Å²) in [5.41, 5.74) is 2.12. The maximum atomic E-state index is 12.7. The molecule has 5 heteroatoms. The van der Waals surface area contributed by atoms with E-state index in [4.69, 9.17) is 9.47 Å². The van der Waals surface area contributed by atoms with E-state index in [1.54, 1.807) is 12.4 Å². The number of carbonyl (C=O) groups is 1. The van der Waals surface area contributed by atoms with Gasteiger partial charge in [0.25, 0.3) is 5.91 Å². The third kappa shape index (κ3) is 3.77. The molecule has 0 unspecified atom stereocenters. The van der Waals surface area contributed by atoms with Crippen molar-refractivity contribution in [2.75, 3.05) is 19.7 Å². The van der Waals surface area contributed by atoms with Gasteiger partial charge in [-0.05, 0) is 55.9 Å². The fourth-order valence-corrected chi connectivity index (χ4v) is 4.41. The van der Waals surface area contributed by atoms with E-state index in [0.717, 1.165) is 48.6 Å². The molecule has 1 aliphatic carbocycles. The quantitative estimate of drug-likeness (QED) is 0.814. The highest BCUT2D eigenvalue weighted by atomic mass is 16.5. The number of hydrogen-bond donors (Lipinski definition) is 0. The number of fused-ring (bicyclic) bond motifs is 1. The van der Waals surface area contributed by atoms with Gasteiger partial charge in [-0.1, -0.05) is 18.2 Å². The molecule has 27 heavy (non-hydrogen) atoms. The molecular weight excluding hydrogens is 340 g/mol. The van der Waals surface area contributed by atoms with Gasteiger partial charge in [0.15, 0.2) is 6.61 Å². The molecule has 0 spiro atoms. The molecule has 0 N–H and O–H groups in total. The predicted molar refractivity (Wildman–Crippen MR) is 103 cm³/mol. The second-order valence-electron chi connectivity index (χ2n) is 7.65. The number of aromatic nitrogens is 1. The molecule has 2 aliphatic rings. The Morgan fingerprint density at radius 3 is 2.70 bits per heavy atom. The lowest BCUT2D eigenvalue weighted by Gasteiger charge is -2.22. The number of ether oxygens (including phenoxy) is 2. The number of para-hydroxylation sites is 1. The van der Waals surface area contributed by atoms with Crippen LogP contribution in [0, 0.1) is 25.7 Å². The molecule has 3 atom stereocenters. The summed E-state index contributed by atoms with van der Waals surface area (Å²) in [5, 5.41) is 0. The number of likely N-dealkylation sites (tertiary alicyclic amines) is 1. The summed E-state index contributed by atoms with van der Waals surface area (Å²) in [6.07, 6.45) is 5.82. The van der Waals surface area contributed by atoms with E-state index in [1.807, 2.05) is 49.1 Å². The molecule has 0 radical (unpaired) electrons. The number of aryl methyl sites for hydroxylation is 2. The zero-order valence-corrected chi connectivity index (χ0v) is 15.9. The van der Waals surface area contributed by atoms with Crippen molar-refractivity contribution in [3.63, 3.8) is 0 Å². The highest BCUT2D eigenvalue weighted by Crippen LogP contribution is 2.40. The molecule has 0 bridgehead atoms. The van der Waals surface area contributed by atoms with Crippen LogP contribution >= 0.6 is 0 Å². The predicted octanol–water partition coefficient (Wildman–Crippen LogP) is 3.39. The Balaban J connectivity index is 1.34. The number of rotatable bonds is 5. The van der Waals surface area contributed by atoms with Crippen LogP contribution in [0.2, 0.25) is 0 Å². The fourth-order valence-electron chi connectivity index (χ4n) is 4.41. The molecule has 2 fully saturated rings. The summed E-state index contributed by atoms with van der Waals surface area (Å²) in [7, 11) is 0. The number of pyridine rings is 1. The van der Waals surface area contributed by atoms with Crippen molar-refractivity contribution < 1.29 is 14.3 Å². The normalized spacial score (nSPS) is 23.9. The van der Waals surface area contributed by atoms with Crippen molar-refractivity contribution in [2.45, 2.75) is 32.8 Å². The molecule has 2 heterocycles. The van der Waals surface area contributed by atoms with Crippen LogP contribution in [0.1, 0.15) is 24.0 Å². The Kier molecular flexibility index (Phi) is 5.01. The minimum Gasteiger partial charge on any atom is -0.488 e. The van der Waals surface area contributed by atoms with Crippen LogP contribution in [0.4, 0.5) is 0 Å². The van der Waals surface area contributed by atoms with Gasteiger partial charge in [-0.25, -0.2) is 0 Å². The molecule has 2 aromatic rings. The number of hydrogen-bond acceptors (Lipinski definition) is 4. The average molecular weight is 366 g/mol. The Hall–Kier alpha value is -2.56. The topological polar surface area (TPSA) is 51.7 Å². The monoisotopic (exact) mass is 366 g/mol. The lowest BCUT2D eigenvalue weighted by atomic mass is 9.99. The largest absolute Gasteiger partial charge is 0.488 e. The maximum absolute atomic E-state index is 12.7. The van der Waals surface area contributed by atoms with Crippen LogP contribution in [-0.2, 0) is 4.79 Å². The summed E-state index contributed by atoms with van der Waals surface area (Å²) < 4.78 is 12.0. The number of benzene rings is 1. The van der Waals surface area contributed by atoms with Gasteiger partial charge in [-0.15, -0.1) is 0 Å². The van der Waals surface area contributed by atoms with Gasteiger partial charge in [0, 0.05) is 25.2 Å². The van der Waals surface area contributed by atoms with Crippen molar-refractivity contribution in [1.29, 1.82) is 0 Å². The second-order valence-corrected chi connectivity index (χ2v) is 7.65. The fraction of sp³-hybridized carbons (Fsp3) is 0.455. The molecule has 1 aromatic carbocycles. The van der Waals surface area contributed by atoms with Gasteiger partial charge in [0.2, 0.25) is 0 Å². The molecule has 1 amide bonds. The second kappa shape index (κ2) is 7.59. The van der Waals surface area contributed by atoms with Crippen LogP contribution in [0.15, 0.2) is 42.7 Å². The van der Waals surface area contributed by atoms with Crippen LogP contribution in [0.25, 0.3) is 0 Å². The Labute approximate surface area is 160 Å². The molecule has 142 valence electrons. The van der Waals surface area contributed by atoms with Crippen molar-refractivity contribution >= 4 is 5.91 Å². The Morgan fingerprint density at radius 1 is 1.15 bits per heavy atom. The highest BCUT2D eigenvalue weighted by Gasteiger charge is 2.45. The zero-order valence-electron chi connectivity index (χ0n) is 15.9. The summed E-state index contributed by atoms with van der Waals surface area (Å²) in [4.78, 5) is 18.8. The van der Waals surface area contributed by atoms with Crippen LogP contribution in [0.3, 0.4) is 0 Å². The summed E-state index contributed by atoms with van der Waals surface area (Å²) in [6.45, 7) is 5.68. The van der Waals surface area contributed by atoms with Gasteiger partial charge in [-0.2, -0.15) is 0 Å². The average Bonchev–Trinajstić information content (AvgIpc) is 3.24. The standard InChI is InChI=1S/C22H26N2O3/c1-15-5-3-6-16(2)22(15)26-14-21(25)24-12-17-8-9-20(19(17)13-24)27-18-7-4-10-23-11-18/h3-7,10-11,17,19-20H,8-9,12-14H2,1-2H3/t17-,19+,20+/m1/s1. The summed E-state index contributed by atoms with van der Waals surface area (Å²) >= 11 is 0. The van der Waals surface area contributed by atoms with Gasteiger partial charge >= 0.3 is 0 Å². The minimum absolute atomic E-state index is 0.0622. The smallest absolute Gasteiger partial charge is 0.260 e. The molecular formula is C22H26N2O3. The molecule has 4 rings (SSSR count). The van der Waals surface area contributed by atoms with E-state index in [1.165, 1.54) is 0 Å². The molecule has 5 nitrogen and oxygen atoms in total. The minimum atomic E-state index is 0.0622. The summed E-state index contributed by atoms with van der Waals surface area (Å²) in [6, 6.07) is 9.85. The number of amides is 1. The van der Waals surface area contributed by atoms with E-state index in [9.17, 15) is 4.79 Å². The van der Waals surface area contributed by atoms with Crippen molar-refractivity contribution in [1.82, 2.24) is 9.88 Å². The zero-order chi connectivity index (χ0) is 18.8. The van der Waals surface area contributed by atoms with Gasteiger partial charge in [0.1, 0.15) is 17.6 Å². The lowest BCUT2D eigenvalue weighted by Crippen LogP contribution is -2.35. The van der Waals surface area contributed by atoms with Gasteiger partial charge in [-0.3, -0.25) is 9.78 Å². The molecule has 1 aliphatic heterocycles. The van der Waals surface area contributed by atoms with Gasteiger partial charge < -0.3 is 14.4 Å². The third-order valence-electron chi connectivity index (χ3n) is 5.81. The SMILES string of the molecule is Cc1cccc(C)c1OCC(=O)N1C[C@H]2CC[C@H](Oc3cccnc3)[C@H]2C1. The first-order valence-electron chi connectivity index (χ1n) is 9.65. The maximum Gasteiger partial charge on any atom is 0.260 e. The first-order chi connectivity index (χ1) is 13.1.